The Morgan fingerprint density at radius 1 is 1.22 bits per heavy atom. The highest BCUT2D eigenvalue weighted by molar-refractivity contribution is 5.31. The topological polar surface area (TPSA) is 50.9 Å². The molecule has 0 saturated heterocycles. The van der Waals surface area contributed by atoms with Crippen molar-refractivity contribution in [3.05, 3.63) is 65.0 Å². The van der Waals surface area contributed by atoms with Gasteiger partial charge in [-0.3, -0.25) is 10.8 Å². The van der Waals surface area contributed by atoms with Gasteiger partial charge < -0.3 is 0 Å². The summed E-state index contributed by atoms with van der Waals surface area (Å²) in [6.45, 7) is 1.87. The number of aryl methyl sites for hydroxylation is 1. The smallest absolute Gasteiger partial charge is 0.131 e. The normalized spacial score (nSPS) is 12.4. The van der Waals surface area contributed by atoms with E-state index in [4.69, 9.17) is 5.84 Å². The van der Waals surface area contributed by atoms with Crippen molar-refractivity contribution in [3.63, 3.8) is 0 Å². The second kappa shape index (κ2) is 5.20. The molecule has 3 N–H and O–H groups in total. The van der Waals surface area contributed by atoms with Crippen molar-refractivity contribution in [2.75, 3.05) is 0 Å². The molecule has 18 heavy (non-hydrogen) atoms. The van der Waals surface area contributed by atoms with Crippen molar-refractivity contribution in [2.45, 2.75) is 13.0 Å². The molecule has 0 bridgehead atoms. The van der Waals surface area contributed by atoms with E-state index >= 15 is 0 Å². The minimum Gasteiger partial charge on any atom is -0.271 e. The standard InChI is InChI=1S/C13H13F2N3/c1-8-5-6-17-11(7-8)13(18-16)12-9(14)3-2-4-10(12)15/h2-7,13,18H,16H2,1H3. The fourth-order valence-electron chi connectivity index (χ4n) is 1.82. The maximum atomic E-state index is 13.7. The van der Waals surface area contributed by atoms with E-state index in [0.717, 1.165) is 5.56 Å². The highest BCUT2D eigenvalue weighted by Gasteiger charge is 2.21. The SMILES string of the molecule is Cc1ccnc(C(NN)c2c(F)cccc2F)c1. The number of nitrogens with two attached hydrogens (primary N) is 1. The Hall–Kier alpha value is -1.85. The molecule has 0 fully saturated rings. The van der Waals surface area contributed by atoms with Crippen LogP contribution in [0.1, 0.15) is 22.9 Å². The second-order valence-corrected chi connectivity index (χ2v) is 3.99. The number of nitrogens with one attached hydrogen (secondary N) is 1. The molecule has 5 heteroatoms. The highest BCUT2D eigenvalue weighted by atomic mass is 19.1. The van der Waals surface area contributed by atoms with Gasteiger partial charge in [0.05, 0.1) is 11.7 Å². The molecule has 0 spiro atoms. The Labute approximate surface area is 104 Å². The summed E-state index contributed by atoms with van der Waals surface area (Å²) in [5, 5.41) is 0. The summed E-state index contributed by atoms with van der Waals surface area (Å²) in [4.78, 5) is 4.09. The van der Waals surface area contributed by atoms with Crippen LogP contribution < -0.4 is 11.3 Å². The van der Waals surface area contributed by atoms with E-state index in [9.17, 15) is 8.78 Å². The number of pyridine rings is 1. The fraction of sp³-hybridized carbons (Fsp3) is 0.154. The van der Waals surface area contributed by atoms with E-state index in [1.165, 1.54) is 18.2 Å². The van der Waals surface area contributed by atoms with Crippen molar-refractivity contribution in [1.29, 1.82) is 0 Å². The largest absolute Gasteiger partial charge is 0.271 e. The molecular formula is C13H13F2N3. The molecule has 1 aromatic carbocycles. The summed E-state index contributed by atoms with van der Waals surface area (Å²) < 4.78 is 27.4. The second-order valence-electron chi connectivity index (χ2n) is 3.99. The van der Waals surface area contributed by atoms with Crippen molar-refractivity contribution in [2.24, 2.45) is 5.84 Å². The molecule has 2 rings (SSSR count). The molecule has 1 atom stereocenters. The third kappa shape index (κ3) is 2.37. The lowest BCUT2D eigenvalue weighted by Gasteiger charge is -2.17. The predicted octanol–water partition coefficient (Wildman–Crippen LogP) is 2.22. The van der Waals surface area contributed by atoms with Crippen LogP contribution in [0.2, 0.25) is 0 Å². The van der Waals surface area contributed by atoms with Gasteiger partial charge in [0.1, 0.15) is 11.6 Å². The molecule has 1 heterocycles. The number of benzene rings is 1. The minimum atomic E-state index is -0.814. The Kier molecular flexibility index (Phi) is 3.64. The molecule has 0 aliphatic rings. The van der Waals surface area contributed by atoms with Crippen LogP contribution in [0.25, 0.3) is 0 Å². The number of hydrogen-bond donors (Lipinski definition) is 2. The Balaban J connectivity index is 2.52. The average molecular weight is 249 g/mol. The van der Waals surface area contributed by atoms with Gasteiger partial charge in [-0.05, 0) is 36.8 Å². The van der Waals surface area contributed by atoms with Crippen LogP contribution in [0.3, 0.4) is 0 Å². The summed E-state index contributed by atoms with van der Waals surface area (Å²) >= 11 is 0. The van der Waals surface area contributed by atoms with Crippen LogP contribution in [-0.2, 0) is 0 Å². The van der Waals surface area contributed by atoms with Crippen LogP contribution in [-0.4, -0.2) is 4.98 Å². The first-order valence-corrected chi connectivity index (χ1v) is 5.46. The van der Waals surface area contributed by atoms with Crippen LogP contribution in [0.4, 0.5) is 8.78 Å². The van der Waals surface area contributed by atoms with E-state index in [2.05, 4.69) is 10.4 Å². The third-order valence-corrected chi connectivity index (χ3v) is 2.69. The van der Waals surface area contributed by atoms with E-state index in [0.29, 0.717) is 5.69 Å². The monoisotopic (exact) mass is 249 g/mol. The van der Waals surface area contributed by atoms with Crippen molar-refractivity contribution >= 4 is 0 Å². The Morgan fingerprint density at radius 3 is 2.44 bits per heavy atom. The molecule has 1 aromatic heterocycles. The van der Waals surface area contributed by atoms with Crippen molar-refractivity contribution in [3.8, 4) is 0 Å². The van der Waals surface area contributed by atoms with Crippen LogP contribution in [0.5, 0.6) is 0 Å². The lowest BCUT2D eigenvalue weighted by atomic mass is 10.0. The molecule has 0 saturated carbocycles. The van der Waals surface area contributed by atoms with Crippen LogP contribution in [0.15, 0.2) is 36.5 Å². The maximum Gasteiger partial charge on any atom is 0.131 e. The average Bonchev–Trinajstić information content (AvgIpc) is 2.34. The zero-order valence-corrected chi connectivity index (χ0v) is 9.82. The van der Waals surface area contributed by atoms with Gasteiger partial charge in [-0.2, -0.15) is 0 Å². The zero-order valence-electron chi connectivity index (χ0n) is 9.82. The first-order chi connectivity index (χ1) is 8.63. The molecule has 3 nitrogen and oxygen atoms in total. The lowest BCUT2D eigenvalue weighted by Crippen LogP contribution is -2.31. The predicted molar refractivity (Wildman–Crippen MR) is 64.5 cm³/mol. The van der Waals surface area contributed by atoms with Gasteiger partial charge in [-0.15, -0.1) is 0 Å². The van der Waals surface area contributed by atoms with Gasteiger partial charge in [0.2, 0.25) is 0 Å². The molecule has 94 valence electrons. The molecule has 0 aliphatic heterocycles. The number of hydrazine groups is 1. The summed E-state index contributed by atoms with van der Waals surface area (Å²) in [5.41, 5.74) is 3.69. The van der Waals surface area contributed by atoms with Gasteiger partial charge >= 0.3 is 0 Å². The molecule has 0 radical (unpaired) electrons. The van der Waals surface area contributed by atoms with Gasteiger partial charge in [0.25, 0.3) is 0 Å². The maximum absolute atomic E-state index is 13.7. The minimum absolute atomic E-state index is 0.127. The van der Waals surface area contributed by atoms with Crippen LogP contribution in [0, 0.1) is 18.6 Å². The number of aromatic nitrogens is 1. The molecule has 2 aromatic rings. The van der Waals surface area contributed by atoms with E-state index in [1.807, 2.05) is 6.92 Å². The quantitative estimate of drug-likeness (QED) is 0.647. The number of halogens is 2. The van der Waals surface area contributed by atoms with E-state index in [1.54, 1.807) is 18.3 Å². The Bertz CT molecular complexity index is 537. The van der Waals surface area contributed by atoms with Gasteiger partial charge in [0.15, 0.2) is 0 Å². The number of rotatable bonds is 3. The molecule has 1 unspecified atom stereocenters. The fourth-order valence-corrected chi connectivity index (χ4v) is 1.82. The van der Waals surface area contributed by atoms with E-state index in [-0.39, 0.29) is 5.56 Å². The van der Waals surface area contributed by atoms with Crippen molar-refractivity contribution in [1.82, 2.24) is 10.4 Å². The number of hydrogen-bond acceptors (Lipinski definition) is 3. The Morgan fingerprint density at radius 2 is 1.89 bits per heavy atom. The molecular weight excluding hydrogens is 236 g/mol. The van der Waals surface area contributed by atoms with Gasteiger partial charge in [-0.1, -0.05) is 6.07 Å². The molecule has 0 aliphatic carbocycles. The van der Waals surface area contributed by atoms with Crippen LogP contribution >= 0.6 is 0 Å². The van der Waals surface area contributed by atoms with Gasteiger partial charge in [-0.25, -0.2) is 14.2 Å². The summed E-state index contributed by atoms with van der Waals surface area (Å²) in [6.07, 6.45) is 1.58. The zero-order chi connectivity index (χ0) is 13.1. The lowest BCUT2D eigenvalue weighted by molar-refractivity contribution is 0.505. The third-order valence-electron chi connectivity index (χ3n) is 2.69. The first kappa shape index (κ1) is 12.6. The van der Waals surface area contributed by atoms with Crippen molar-refractivity contribution < 1.29 is 8.78 Å². The summed E-state index contributed by atoms with van der Waals surface area (Å²) in [5.74, 6) is 4.10. The number of nitrogens with zero attached hydrogens (tertiary/aromatic N) is 1. The first-order valence-electron chi connectivity index (χ1n) is 5.46. The highest BCUT2D eigenvalue weighted by Crippen LogP contribution is 2.25. The molecule has 0 amide bonds. The summed E-state index contributed by atoms with van der Waals surface area (Å²) in [7, 11) is 0. The van der Waals surface area contributed by atoms with Gasteiger partial charge in [0, 0.05) is 11.8 Å². The summed E-state index contributed by atoms with van der Waals surface area (Å²) in [6, 6.07) is 6.42. The van der Waals surface area contributed by atoms with E-state index < -0.39 is 17.7 Å².